The average molecular weight is 364 g/mol. The smallest absolute Gasteiger partial charge is 0.308 e. The van der Waals surface area contributed by atoms with Crippen molar-refractivity contribution in [3.8, 4) is 5.75 Å². The number of rotatable bonds is 9. The second kappa shape index (κ2) is 9.79. The Labute approximate surface area is 154 Å². The van der Waals surface area contributed by atoms with Crippen molar-refractivity contribution < 1.29 is 24.2 Å². The number of carbonyl (C=O) groups excluding carboxylic acids is 2. The summed E-state index contributed by atoms with van der Waals surface area (Å²) in [6.07, 6.45) is 0.288. The zero-order valence-corrected chi connectivity index (χ0v) is 15.8. The van der Waals surface area contributed by atoms with Crippen LogP contribution < -0.4 is 15.4 Å². The van der Waals surface area contributed by atoms with E-state index in [1.807, 2.05) is 19.1 Å². The summed E-state index contributed by atoms with van der Waals surface area (Å²) >= 11 is 0. The largest absolute Gasteiger partial charge is 0.494 e. The number of amides is 2. The highest BCUT2D eigenvalue weighted by Crippen LogP contribution is 2.15. The minimum Gasteiger partial charge on any atom is -0.494 e. The first-order valence-electron chi connectivity index (χ1n) is 8.63. The zero-order chi connectivity index (χ0) is 19.7. The molecule has 0 radical (unpaired) electrons. The minimum atomic E-state index is -0.988. The Morgan fingerprint density at radius 3 is 2.23 bits per heavy atom. The molecule has 2 amide bonds. The lowest BCUT2D eigenvalue weighted by molar-refractivity contribution is -0.141. The third-order valence-electron chi connectivity index (χ3n) is 3.70. The second-order valence-electron chi connectivity index (χ2n) is 7.05. The number of carbonyl (C=O) groups is 3. The normalized spacial score (nSPS) is 12.2. The fourth-order valence-corrected chi connectivity index (χ4v) is 2.14. The maximum Gasteiger partial charge on any atom is 0.308 e. The van der Waals surface area contributed by atoms with Crippen molar-refractivity contribution in [3.63, 3.8) is 0 Å². The highest BCUT2D eigenvalue weighted by atomic mass is 16.5. The predicted molar refractivity (Wildman–Crippen MR) is 97.9 cm³/mol. The van der Waals surface area contributed by atoms with E-state index in [4.69, 9.17) is 4.74 Å². The van der Waals surface area contributed by atoms with Crippen LogP contribution in [-0.4, -0.2) is 42.6 Å². The van der Waals surface area contributed by atoms with Crippen LogP contribution in [0, 0.1) is 11.3 Å². The summed E-state index contributed by atoms with van der Waals surface area (Å²) in [5, 5.41) is 14.5. The molecule has 0 saturated carbocycles. The summed E-state index contributed by atoms with van der Waals surface area (Å²) in [4.78, 5) is 35.0. The molecule has 144 valence electrons. The Morgan fingerprint density at radius 1 is 1.12 bits per heavy atom. The van der Waals surface area contributed by atoms with Crippen LogP contribution in [0.5, 0.6) is 5.75 Å². The molecule has 0 aliphatic heterocycles. The minimum absolute atomic E-state index is 0.00718. The van der Waals surface area contributed by atoms with Crippen LogP contribution >= 0.6 is 0 Å². The van der Waals surface area contributed by atoms with Gasteiger partial charge >= 0.3 is 5.97 Å². The van der Waals surface area contributed by atoms with Crippen LogP contribution in [-0.2, 0) is 20.8 Å². The molecule has 0 spiro atoms. The van der Waals surface area contributed by atoms with Crippen LogP contribution in [0.4, 0.5) is 0 Å². The molecule has 1 aromatic carbocycles. The number of nitrogens with one attached hydrogen (secondary N) is 2. The molecule has 1 atom stereocenters. The van der Waals surface area contributed by atoms with Crippen molar-refractivity contribution in [3.05, 3.63) is 29.8 Å². The van der Waals surface area contributed by atoms with Crippen LogP contribution in [0.3, 0.4) is 0 Å². The number of carboxylic acid groups (broad SMARTS) is 1. The second-order valence-corrected chi connectivity index (χ2v) is 7.05. The molecule has 1 rings (SSSR count). The Morgan fingerprint density at radius 2 is 1.73 bits per heavy atom. The first-order valence-corrected chi connectivity index (χ1v) is 8.63. The molecule has 0 aromatic heterocycles. The van der Waals surface area contributed by atoms with E-state index in [2.05, 4.69) is 10.6 Å². The third-order valence-corrected chi connectivity index (χ3v) is 3.70. The summed E-state index contributed by atoms with van der Waals surface area (Å²) in [7, 11) is 0. The number of carboxylic acids is 1. The van der Waals surface area contributed by atoms with Crippen LogP contribution in [0.1, 0.15) is 33.3 Å². The molecule has 0 aliphatic carbocycles. The summed E-state index contributed by atoms with van der Waals surface area (Å²) in [6, 6.07) is 7.20. The molecule has 0 aliphatic rings. The summed E-state index contributed by atoms with van der Waals surface area (Å²) < 4.78 is 5.35. The van der Waals surface area contributed by atoms with E-state index >= 15 is 0 Å². The number of hydrogen-bond acceptors (Lipinski definition) is 4. The van der Waals surface area contributed by atoms with Gasteiger partial charge in [-0.25, -0.2) is 0 Å². The van der Waals surface area contributed by atoms with Crippen molar-refractivity contribution in [1.29, 1.82) is 0 Å². The molecule has 7 heteroatoms. The molecular weight excluding hydrogens is 336 g/mol. The Hall–Kier alpha value is -2.57. The standard InChI is InChI=1S/C19H28N2O5/c1-5-26-15-8-6-13(7-9-15)10-14(17(23)24)11-20-16(22)12-21-18(25)19(2,3)4/h6-9,14H,5,10-12H2,1-4H3,(H,20,22)(H,21,25)(H,23,24). The first kappa shape index (κ1) is 21.5. The molecule has 0 bridgehead atoms. The van der Waals surface area contributed by atoms with Gasteiger partial charge in [0.2, 0.25) is 11.8 Å². The maximum absolute atomic E-state index is 11.8. The summed E-state index contributed by atoms with van der Waals surface area (Å²) in [5.41, 5.74) is 0.258. The van der Waals surface area contributed by atoms with Crippen molar-refractivity contribution >= 4 is 17.8 Å². The molecule has 26 heavy (non-hydrogen) atoms. The quantitative estimate of drug-likeness (QED) is 0.617. The fraction of sp³-hybridized carbons (Fsp3) is 0.526. The van der Waals surface area contributed by atoms with E-state index in [9.17, 15) is 19.5 Å². The van der Waals surface area contributed by atoms with Gasteiger partial charge in [0.25, 0.3) is 0 Å². The van der Waals surface area contributed by atoms with Crippen LogP contribution in [0.15, 0.2) is 24.3 Å². The van der Waals surface area contributed by atoms with Gasteiger partial charge in [0.05, 0.1) is 19.1 Å². The van der Waals surface area contributed by atoms with E-state index in [1.165, 1.54) is 0 Å². The van der Waals surface area contributed by atoms with Crippen molar-refractivity contribution in [2.75, 3.05) is 19.7 Å². The molecule has 0 heterocycles. The molecule has 0 saturated heterocycles. The van der Waals surface area contributed by atoms with E-state index in [1.54, 1.807) is 32.9 Å². The molecule has 0 fully saturated rings. The number of aliphatic carboxylic acids is 1. The predicted octanol–water partition coefficient (Wildman–Crippen LogP) is 1.61. The molecule has 7 nitrogen and oxygen atoms in total. The Balaban J connectivity index is 2.51. The topological polar surface area (TPSA) is 105 Å². The molecular formula is C19H28N2O5. The molecule has 1 unspecified atom stereocenters. The average Bonchev–Trinajstić information content (AvgIpc) is 2.57. The maximum atomic E-state index is 11.8. The van der Waals surface area contributed by atoms with Gasteiger partial charge in [-0.05, 0) is 31.0 Å². The summed E-state index contributed by atoms with van der Waals surface area (Å²) in [6.45, 7) is 7.51. The highest BCUT2D eigenvalue weighted by Gasteiger charge is 2.22. The SMILES string of the molecule is CCOc1ccc(CC(CNC(=O)CNC(=O)C(C)(C)C)C(=O)O)cc1. The van der Waals surface area contributed by atoms with Gasteiger partial charge in [-0.2, -0.15) is 0 Å². The Kier molecular flexibility index (Phi) is 8.09. The third kappa shape index (κ3) is 7.55. The zero-order valence-electron chi connectivity index (χ0n) is 15.8. The molecule has 3 N–H and O–H groups in total. The van der Waals surface area contributed by atoms with Gasteiger partial charge in [-0.1, -0.05) is 32.9 Å². The lowest BCUT2D eigenvalue weighted by Gasteiger charge is -2.18. The first-order chi connectivity index (χ1) is 12.1. The summed E-state index contributed by atoms with van der Waals surface area (Å²) in [5.74, 6) is -1.67. The van der Waals surface area contributed by atoms with Gasteiger partial charge in [-0.15, -0.1) is 0 Å². The van der Waals surface area contributed by atoms with E-state index in [0.717, 1.165) is 11.3 Å². The van der Waals surface area contributed by atoms with Gasteiger partial charge in [0.1, 0.15) is 5.75 Å². The van der Waals surface area contributed by atoms with Crippen LogP contribution in [0.25, 0.3) is 0 Å². The van der Waals surface area contributed by atoms with Crippen molar-refractivity contribution in [2.45, 2.75) is 34.1 Å². The van der Waals surface area contributed by atoms with E-state index in [0.29, 0.717) is 6.61 Å². The number of hydrogen-bond donors (Lipinski definition) is 3. The van der Waals surface area contributed by atoms with Gasteiger partial charge in [0, 0.05) is 12.0 Å². The monoisotopic (exact) mass is 364 g/mol. The number of benzene rings is 1. The van der Waals surface area contributed by atoms with Crippen molar-refractivity contribution in [1.82, 2.24) is 10.6 Å². The van der Waals surface area contributed by atoms with Gasteiger partial charge in [0.15, 0.2) is 0 Å². The Bertz CT molecular complexity index is 620. The van der Waals surface area contributed by atoms with E-state index in [-0.39, 0.29) is 25.4 Å². The van der Waals surface area contributed by atoms with E-state index < -0.39 is 23.2 Å². The van der Waals surface area contributed by atoms with Gasteiger partial charge in [-0.3, -0.25) is 14.4 Å². The number of ether oxygens (including phenoxy) is 1. The lowest BCUT2D eigenvalue weighted by Crippen LogP contribution is -2.43. The van der Waals surface area contributed by atoms with Crippen molar-refractivity contribution in [2.24, 2.45) is 11.3 Å². The lowest BCUT2D eigenvalue weighted by atomic mass is 9.96. The highest BCUT2D eigenvalue weighted by molar-refractivity contribution is 5.87. The fourth-order valence-electron chi connectivity index (χ4n) is 2.14. The molecule has 1 aromatic rings. The van der Waals surface area contributed by atoms with Gasteiger partial charge < -0.3 is 20.5 Å². The van der Waals surface area contributed by atoms with Crippen LogP contribution in [0.2, 0.25) is 0 Å².